The molecule has 0 saturated carbocycles. The Kier molecular flexibility index (Phi) is 46.6. The van der Waals surface area contributed by atoms with E-state index in [0.717, 1.165) is 44.9 Å². The number of hydrogen-bond donors (Lipinski definition) is 3. The molecule has 0 aromatic carbocycles. The highest BCUT2D eigenvalue weighted by Gasteiger charge is 2.23. The molecular weight excluding hydrogens is 755 g/mol. The molecule has 3 atom stereocenters. The number of ether oxygens (including phenoxy) is 1. The Morgan fingerprint density at radius 1 is 0.492 bits per heavy atom. The minimum absolute atomic E-state index is 0.0170. The lowest BCUT2D eigenvalue weighted by Gasteiger charge is -2.24. The zero-order valence-electron chi connectivity index (χ0n) is 40.3. The molecular formula is C55H99NO5. The Morgan fingerprint density at radius 3 is 1.25 bits per heavy atom. The van der Waals surface area contributed by atoms with Gasteiger partial charge in [-0.2, -0.15) is 0 Å². The number of aliphatic hydroxyl groups excluding tert-OH is 2. The van der Waals surface area contributed by atoms with E-state index in [9.17, 15) is 19.8 Å². The summed E-state index contributed by atoms with van der Waals surface area (Å²) < 4.78 is 5.84. The highest BCUT2D eigenvalue weighted by Crippen LogP contribution is 2.17. The monoisotopic (exact) mass is 854 g/mol. The molecule has 0 bridgehead atoms. The Bertz CT molecular complexity index is 1090. The van der Waals surface area contributed by atoms with Gasteiger partial charge >= 0.3 is 5.97 Å². The first kappa shape index (κ1) is 58.6. The standard InChI is InChI=1S/C55H99NO5/c1-4-7-10-13-16-19-22-24-26-27-28-29-32-35-38-41-44-47-53(58)52(50-57)56-54(59)49-51(46-43-40-37-34-31-21-18-15-12-9-6-3)61-55(60)48-45-42-39-36-33-30-25-23-20-17-14-11-8-5-2/h9,12,15,18,21,31,34,37,40,43,51-53,57-58H,4-8,10-11,13-14,16-17,19-20,22-30,32-33,35-36,38-39,41-42,44-50H2,1-3H3,(H,56,59)/b12-9+,18-15+,31-21-,37-34-,43-40+. The quantitative estimate of drug-likeness (QED) is 0.0322. The summed E-state index contributed by atoms with van der Waals surface area (Å²) in [5.74, 6) is -0.601. The van der Waals surface area contributed by atoms with Gasteiger partial charge in [0.25, 0.3) is 0 Å². The third-order valence-electron chi connectivity index (χ3n) is 11.7. The van der Waals surface area contributed by atoms with Crippen molar-refractivity contribution in [2.75, 3.05) is 6.61 Å². The predicted molar refractivity (Wildman–Crippen MR) is 264 cm³/mol. The van der Waals surface area contributed by atoms with Crippen molar-refractivity contribution in [1.29, 1.82) is 0 Å². The third kappa shape index (κ3) is 44.0. The summed E-state index contributed by atoms with van der Waals surface area (Å²) in [5.41, 5.74) is 0. The molecule has 1 amide bonds. The number of nitrogens with one attached hydrogen (secondary N) is 1. The zero-order chi connectivity index (χ0) is 44.5. The fraction of sp³-hybridized carbons (Fsp3) is 0.782. The van der Waals surface area contributed by atoms with Crippen molar-refractivity contribution < 1.29 is 24.5 Å². The lowest BCUT2D eigenvalue weighted by Crippen LogP contribution is -2.46. The van der Waals surface area contributed by atoms with Crippen LogP contribution in [0.4, 0.5) is 0 Å². The molecule has 0 aromatic rings. The second kappa shape index (κ2) is 48.6. The molecule has 0 spiro atoms. The summed E-state index contributed by atoms with van der Waals surface area (Å²) in [6.45, 7) is 6.31. The van der Waals surface area contributed by atoms with Crippen LogP contribution in [0.15, 0.2) is 60.8 Å². The van der Waals surface area contributed by atoms with Crippen LogP contribution in [0.2, 0.25) is 0 Å². The van der Waals surface area contributed by atoms with Gasteiger partial charge in [0.05, 0.1) is 25.2 Å². The van der Waals surface area contributed by atoms with Crippen molar-refractivity contribution >= 4 is 11.9 Å². The number of amides is 1. The van der Waals surface area contributed by atoms with Crippen molar-refractivity contribution in [3.8, 4) is 0 Å². The fourth-order valence-corrected chi connectivity index (χ4v) is 7.81. The number of carbonyl (C=O) groups is 2. The first-order valence-corrected chi connectivity index (χ1v) is 26.1. The zero-order valence-corrected chi connectivity index (χ0v) is 40.3. The van der Waals surface area contributed by atoms with Crippen LogP contribution in [0.1, 0.15) is 252 Å². The summed E-state index contributed by atoms with van der Waals surface area (Å²) in [6, 6.07) is -0.739. The molecule has 0 aliphatic heterocycles. The molecule has 0 aliphatic carbocycles. The molecule has 6 heteroatoms. The fourth-order valence-electron chi connectivity index (χ4n) is 7.81. The van der Waals surface area contributed by atoms with E-state index in [4.69, 9.17) is 4.74 Å². The van der Waals surface area contributed by atoms with E-state index in [0.29, 0.717) is 19.3 Å². The molecule has 3 unspecified atom stereocenters. The maximum Gasteiger partial charge on any atom is 0.306 e. The second-order valence-corrected chi connectivity index (χ2v) is 17.7. The number of rotatable bonds is 46. The summed E-state index contributed by atoms with van der Waals surface area (Å²) in [4.78, 5) is 26.0. The van der Waals surface area contributed by atoms with Crippen LogP contribution in [-0.2, 0) is 14.3 Å². The topological polar surface area (TPSA) is 95.9 Å². The molecule has 6 nitrogen and oxygen atoms in total. The summed E-state index contributed by atoms with van der Waals surface area (Å²) in [5, 5.41) is 23.7. The molecule has 0 aromatic heterocycles. The Hall–Kier alpha value is -2.44. The minimum atomic E-state index is -0.817. The average molecular weight is 854 g/mol. The van der Waals surface area contributed by atoms with E-state index in [1.54, 1.807) is 0 Å². The second-order valence-electron chi connectivity index (χ2n) is 17.7. The van der Waals surface area contributed by atoms with Gasteiger partial charge in [0.1, 0.15) is 6.10 Å². The van der Waals surface area contributed by atoms with Crippen molar-refractivity contribution in [2.24, 2.45) is 0 Å². The van der Waals surface area contributed by atoms with Crippen molar-refractivity contribution in [1.82, 2.24) is 5.32 Å². The minimum Gasteiger partial charge on any atom is -0.461 e. The maximum absolute atomic E-state index is 13.2. The van der Waals surface area contributed by atoms with E-state index in [1.165, 1.54) is 161 Å². The highest BCUT2D eigenvalue weighted by atomic mass is 16.5. The SMILES string of the molecule is CC/C=C/C=C/C=C\C=C/C=C/CC(CC(=O)NC(CO)C(O)CCCCCCCCCCCCCCCCCCC)OC(=O)CCCCCCCCCCCCCCCC. The Labute approximate surface area is 378 Å². The van der Waals surface area contributed by atoms with Gasteiger partial charge in [-0.15, -0.1) is 0 Å². The van der Waals surface area contributed by atoms with E-state index >= 15 is 0 Å². The third-order valence-corrected chi connectivity index (χ3v) is 11.7. The molecule has 0 fully saturated rings. The van der Waals surface area contributed by atoms with Crippen LogP contribution in [0.5, 0.6) is 0 Å². The van der Waals surface area contributed by atoms with Crippen molar-refractivity contribution in [2.45, 2.75) is 270 Å². The molecule has 61 heavy (non-hydrogen) atoms. The van der Waals surface area contributed by atoms with Gasteiger partial charge in [0, 0.05) is 12.8 Å². The van der Waals surface area contributed by atoms with Crippen molar-refractivity contribution in [3.05, 3.63) is 60.8 Å². The Morgan fingerprint density at radius 2 is 0.852 bits per heavy atom. The summed E-state index contributed by atoms with van der Waals surface area (Å²) in [6.07, 6.45) is 60.3. The number of unbranched alkanes of at least 4 members (excludes halogenated alkanes) is 29. The van der Waals surface area contributed by atoms with E-state index in [-0.39, 0.29) is 24.9 Å². The van der Waals surface area contributed by atoms with Gasteiger partial charge in [-0.25, -0.2) is 0 Å². The van der Waals surface area contributed by atoms with Gasteiger partial charge in [0.15, 0.2) is 0 Å². The molecule has 354 valence electrons. The van der Waals surface area contributed by atoms with Gasteiger partial charge in [-0.05, 0) is 19.3 Å². The van der Waals surface area contributed by atoms with Gasteiger partial charge in [0.2, 0.25) is 5.91 Å². The first-order chi connectivity index (χ1) is 30.0. The Balaban J connectivity index is 4.57. The maximum atomic E-state index is 13.2. The molecule has 0 radical (unpaired) electrons. The van der Waals surface area contributed by atoms with E-state index in [2.05, 4.69) is 32.2 Å². The van der Waals surface area contributed by atoms with Crippen LogP contribution in [0, 0.1) is 0 Å². The van der Waals surface area contributed by atoms with Gasteiger partial charge in [-0.3, -0.25) is 9.59 Å². The predicted octanol–water partition coefficient (Wildman–Crippen LogP) is 15.6. The number of hydrogen-bond acceptors (Lipinski definition) is 5. The lowest BCUT2D eigenvalue weighted by atomic mass is 10.0. The van der Waals surface area contributed by atoms with Gasteiger partial charge in [-0.1, -0.05) is 274 Å². The number of aliphatic hydroxyl groups is 2. The van der Waals surface area contributed by atoms with E-state index < -0.39 is 18.2 Å². The molecule has 3 N–H and O–H groups in total. The molecule has 0 rings (SSSR count). The highest BCUT2D eigenvalue weighted by molar-refractivity contribution is 5.77. The average Bonchev–Trinajstić information content (AvgIpc) is 3.25. The summed E-state index contributed by atoms with van der Waals surface area (Å²) in [7, 11) is 0. The molecule has 0 heterocycles. The normalized spacial score (nSPS) is 13.7. The molecule has 0 saturated heterocycles. The first-order valence-electron chi connectivity index (χ1n) is 26.1. The van der Waals surface area contributed by atoms with Crippen LogP contribution in [-0.4, -0.2) is 46.9 Å². The van der Waals surface area contributed by atoms with Crippen LogP contribution in [0.3, 0.4) is 0 Å². The van der Waals surface area contributed by atoms with Crippen LogP contribution in [0.25, 0.3) is 0 Å². The molecule has 0 aliphatic rings. The summed E-state index contributed by atoms with van der Waals surface area (Å²) >= 11 is 0. The van der Waals surface area contributed by atoms with Gasteiger partial charge < -0.3 is 20.3 Å². The number of allylic oxidation sites excluding steroid dienone is 9. The lowest BCUT2D eigenvalue weighted by molar-refractivity contribution is -0.150. The smallest absolute Gasteiger partial charge is 0.306 e. The van der Waals surface area contributed by atoms with E-state index in [1.807, 2.05) is 54.7 Å². The largest absolute Gasteiger partial charge is 0.461 e. The number of esters is 1. The number of carbonyl (C=O) groups excluding carboxylic acids is 2. The van der Waals surface area contributed by atoms with Crippen molar-refractivity contribution in [3.63, 3.8) is 0 Å². The van der Waals surface area contributed by atoms with Crippen LogP contribution >= 0.6 is 0 Å². The van der Waals surface area contributed by atoms with Crippen LogP contribution < -0.4 is 5.32 Å².